The van der Waals surface area contributed by atoms with Crippen molar-refractivity contribution in [2.75, 3.05) is 12.8 Å². The summed E-state index contributed by atoms with van der Waals surface area (Å²) in [7, 11) is -2.79. The molecule has 1 atom stereocenters. The molecule has 0 bridgehead atoms. The third kappa shape index (κ3) is 4.55. The number of hydrogen-bond acceptors (Lipinski definition) is 5. The predicted molar refractivity (Wildman–Crippen MR) is 107 cm³/mol. The van der Waals surface area contributed by atoms with E-state index in [1.165, 1.54) is 25.3 Å². The topological polar surface area (TPSA) is 98.5 Å². The van der Waals surface area contributed by atoms with Crippen molar-refractivity contribution in [3.05, 3.63) is 58.1 Å². The number of benzene rings is 2. The van der Waals surface area contributed by atoms with Crippen LogP contribution in [0.3, 0.4) is 0 Å². The van der Waals surface area contributed by atoms with E-state index in [4.69, 9.17) is 17.3 Å². The summed E-state index contributed by atoms with van der Waals surface area (Å²) >= 11 is 5.95. The molecule has 0 fully saturated rings. The van der Waals surface area contributed by atoms with E-state index in [-0.39, 0.29) is 27.9 Å². The normalized spacial score (nSPS) is 16.1. The van der Waals surface area contributed by atoms with Gasteiger partial charge in [0.25, 0.3) is 0 Å². The van der Waals surface area contributed by atoms with Crippen LogP contribution < -0.4 is 10.5 Å². The van der Waals surface area contributed by atoms with E-state index >= 15 is 0 Å². The predicted octanol–water partition coefficient (Wildman–Crippen LogP) is 3.49. The lowest BCUT2D eigenvalue weighted by molar-refractivity contribution is 0.0596. The van der Waals surface area contributed by atoms with Crippen molar-refractivity contribution in [3.8, 4) is 0 Å². The van der Waals surface area contributed by atoms with Gasteiger partial charge in [-0.2, -0.15) is 0 Å². The highest BCUT2D eigenvalue weighted by atomic mass is 35.5. The van der Waals surface area contributed by atoms with Crippen LogP contribution in [0.15, 0.2) is 41.3 Å². The van der Waals surface area contributed by atoms with E-state index in [9.17, 15) is 13.2 Å². The van der Waals surface area contributed by atoms with E-state index in [1.54, 1.807) is 6.07 Å². The average molecular weight is 431 g/mol. The highest BCUT2D eigenvalue weighted by molar-refractivity contribution is 7.89. The van der Waals surface area contributed by atoms with Crippen LogP contribution in [-0.2, 0) is 21.2 Å². The van der Waals surface area contributed by atoms with Gasteiger partial charge < -0.3 is 10.5 Å². The van der Waals surface area contributed by atoms with Gasteiger partial charge in [0.2, 0.25) is 10.0 Å². The first-order valence-corrected chi connectivity index (χ1v) is 9.96. The fourth-order valence-corrected chi connectivity index (χ4v) is 4.91. The van der Waals surface area contributed by atoms with Crippen molar-refractivity contribution in [2.24, 2.45) is 0 Å². The number of nitrogen functional groups attached to an aromatic ring is 1. The Bertz CT molecular complexity index is 964. The van der Waals surface area contributed by atoms with Gasteiger partial charge in [-0.25, -0.2) is 17.9 Å². The van der Waals surface area contributed by atoms with Gasteiger partial charge in [0, 0.05) is 16.8 Å². The number of nitrogens with one attached hydrogen (secondary N) is 1. The molecule has 6 nitrogen and oxygen atoms in total. The SMILES string of the molecule is COC(=O)c1ccc(Cl)cc1S(=O)(=O)NC1CCCc2cc(N)ccc21.Cl. The van der Waals surface area contributed by atoms with E-state index in [0.29, 0.717) is 12.1 Å². The van der Waals surface area contributed by atoms with Crippen LogP contribution in [0.1, 0.15) is 40.4 Å². The van der Waals surface area contributed by atoms with Gasteiger partial charge in [-0.3, -0.25) is 0 Å². The number of nitrogens with two attached hydrogens (primary N) is 1. The first-order valence-electron chi connectivity index (χ1n) is 8.10. The highest BCUT2D eigenvalue weighted by Gasteiger charge is 2.29. The summed E-state index contributed by atoms with van der Waals surface area (Å²) in [5.74, 6) is -0.737. The number of ether oxygens (including phenoxy) is 1. The van der Waals surface area contributed by atoms with Crippen LogP contribution in [-0.4, -0.2) is 21.5 Å². The Balaban J connectivity index is 0.00000261. The molecule has 3 N–H and O–H groups in total. The highest BCUT2D eigenvalue weighted by Crippen LogP contribution is 2.33. The van der Waals surface area contributed by atoms with Crippen LogP contribution in [0.2, 0.25) is 5.02 Å². The Morgan fingerprint density at radius 1 is 1.26 bits per heavy atom. The molecule has 1 aliphatic carbocycles. The third-order valence-electron chi connectivity index (χ3n) is 4.42. The number of anilines is 1. The van der Waals surface area contributed by atoms with Gasteiger partial charge in [-0.05, 0) is 60.7 Å². The second-order valence-corrected chi connectivity index (χ2v) is 8.28. The Morgan fingerprint density at radius 2 is 2.00 bits per heavy atom. The number of methoxy groups -OCH3 is 1. The number of carbonyl (C=O) groups excluding carboxylic acids is 1. The number of carbonyl (C=O) groups is 1. The number of hydrogen-bond donors (Lipinski definition) is 2. The fraction of sp³-hybridized carbons (Fsp3) is 0.278. The number of rotatable bonds is 4. The maximum absolute atomic E-state index is 13.0. The molecule has 2 aromatic carbocycles. The standard InChI is InChI=1S/C18H19ClN2O4S.ClH/c1-25-18(22)15-7-5-12(19)10-17(15)26(23,24)21-16-4-2-3-11-9-13(20)6-8-14(11)16;/h5-10,16,21H,2-4,20H2,1H3;1H. The van der Waals surface area contributed by atoms with Crippen molar-refractivity contribution in [3.63, 3.8) is 0 Å². The molecule has 0 saturated carbocycles. The first-order chi connectivity index (χ1) is 12.3. The molecule has 146 valence electrons. The first kappa shape index (κ1) is 21.5. The molecule has 0 spiro atoms. The smallest absolute Gasteiger partial charge is 0.339 e. The van der Waals surface area contributed by atoms with E-state index < -0.39 is 22.0 Å². The monoisotopic (exact) mass is 430 g/mol. The molecular weight excluding hydrogens is 411 g/mol. The average Bonchev–Trinajstić information content (AvgIpc) is 2.60. The lowest BCUT2D eigenvalue weighted by Gasteiger charge is -2.26. The van der Waals surface area contributed by atoms with Crippen molar-refractivity contribution >= 4 is 45.7 Å². The minimum Gasteiger partial charge on any atom is -0.465 e. The molecule has 0 aliphatic heterocycles. The molecule has 1 unspecified atom stereocenters. The second-order valence-electron chi connectivity index (χ2n) is 6.16. The Labute approximate surface area is 169 Å². The number of esters is 1. The largest absolute Gasteiger partial charge is 0.465 e. The van der Waals surface area contributed by atoms with Gasteiger partial charge in [0.1, 0.15) is 0 Å². The lowest BCUT2D eigenvalue weighted by atomic mass is 9.88. The van der Waals surface area contributed by atoms with Crippen LogP contribution >= 0.6 is 24.0 Å². The van der Waals surface area contributed by atoms with Gasteiger partial charge >= 0.3 is 5.97 Å². The fourth-order valence-electron chi connectivity index (χ4n) is 3.20. The number of halogens is 2. The second kappa shape index (κ2) is 8.48. The van der Waals surface area contributed by atoms with Gasteiger partial charge in [-0.15, -0.1) is 12.4 Å². The maximum atomic E-state index is 13.0. The van der Waals surface area contributed by atoms with Crippen molar-refractivity contribution in [2.45, 2.75) is 30.2 Å². The summed E-state index contributed by atoms with van der Waals surface area (Å²) in [6.45, 7) is 0. The molecule has 3 rings (SSSR count). The van der Waals surface area contributed by atoms with Gasteiger partial charge in [0.05, 0.1) is 17.6 Å². The summed E-state index contributed by atoms with van der Waals surface area (Å²) in [4.78, 5) is 11.8. The van der Waals surface area contributed by atoms with Crippen molar-refractivity contribution in [1.82, 2.24) is 4.72 Å². The zero-order chi connectivity index (χ0) is 18.9. The van der Waals surface area contributed by atoms with Gasteiger partial charge in [-0.1, -0.05) is 17.7 Å². The summed E-state index contributed by atoms with van der Waals surface area (Å²) < 4.78 is 33.3. The van der Waals surface area contributed by atoms with E-state index in [1.807, 2.05) is 12.1 Å². The molecule has 0 heterocycles. The molecule has 0 radical (unpaired) electrons. The van der Waals surface area contributed by atoms with Crippen molar-refractivity contribution < 1.29 is 17.9 Å². The van der Waals surface area contributed by atoms with Gasteiger partial charge in [0.15, 0.2) is 0 Å². The van der Waals surface area contributed by atoms with E-state index in [2.05, 4.69) is 9.46 Å². The van der Waals surface area contributed by atoms with Crippen LogP contribution in [0.4, 0.5) is 5.69 Å². The lowest BCUT2D eigenvalue weighted by Crippen LogP contribution is -2.32. The Kier molecular flexibility index (Phi) is 6.75. The molecule has 27 heavy (non-hydrogen) atoms. The molecular formula is C18H20Cl2N2O4S. The Hall–Kier alpha value is -1.80. The minimum absolute atomic E-state index is 0. The molecule has 9 heteroatoms. The van der Waals surface area contributed by atoms with E-state index in [0.717, 1.165) is 24.0 Å². The quantitative estimate of drug-likeness (QED) is 0.571. The molecule has 0 saturated heterocycles. The Morgan fingerprint density at radius 3 is 2.70 bits per heavy atom. The maximum Gasteiger partial charge on any atom is 0.339 e. The minimum atomic E-state index is -3.99. The molecule has 2 aromatic rings. The zero-order valence-corrected chi connectivity index (χ0v) is 17.0. The van der Waals surface area contributed by atoms with Crippen molar-refractivity contribution in [1.29, 1.82) is 0 Å². The molecule has 0 aromatic heterocycles. The third-order valence-corrected chi connectivity index (χ3v) is 6.16. The number of aryl methyl sites for hydroxylation is 1. The van der Waals surface area contributed by atoms with Crippen LogP contribution in [0.25, 0.3) is 0 Å². The summed E-state index contributed by atoms with van der Waals surface area (Å²) in [6.07, 6.45) is 2.34. The van der Waals surface area contributed by atoms with Crippen LogP contribution in [0, 0.1) is 0 Å². The summed E-state index contributed by atoms with van der Waals surface area (Å²) in [5.41, 5.74) is 8.35. The molecule has 0 amide bonds. The summed E-state index contributed by atoms with van der Waals surface area (Å²) in [6, 6.07) is 9.12. The van der Waals surface area contributed by atoms with Crippen LogP contribution in [0.5, 0.6) is 0 Å². The number of sulfonamides is 1. The number of fused-ring (bicyclic) bond motifs is 1. The zero-order valence-electron chi connectivity index (χ0n) is 14.6. The summed E-state index contributed by atoms with van der Waals surface area (Å²) in [5, 5.41) is 0.217. The molecule has 1 aliphatic rings.